The van der Waals surface area contributed by atoms with Gasteiger partial charge in [0.1, 0.15) is 0 Å². The number of nitrogens with zero attached hydrogens (tertiary/aromatic N) is 1. The van der Waals surface area contributed by atoms with Gasteiger partial charge in [0.15, 0.2) is 0 Å². The van der Waals surface area contributed by atoms with Gasteiger partial charge in [0.2, 0.25) is 0 Å². The van der Waals surface area contributed by atoms with Crippen LogP contribution in [0, 0.1) is 6.92 Å². The third-order valence-electron chi connectivity index (χ3n) is 7.85. The molecule has 0 aliphatic heterocycles. The first-order valence-electron chi connectivity index (χ1n) is 12.2. The molecule has 0 spiro atoms. The molecule has 1 saturated carbocycles. The zero-order valence-electron chi connectivity index (χ0n) is 19.1. The molecule has 160 valence electrons. The zero-order chi connectivity index (χ0) is 21.7. The Balaban J connectivity index is 1.39. The Morgan fingerprint density at radius 3 is 2.31 bits per heavy atom. The van der Waals surface area contributed by atoms with E-state index >= 15 is 0 Å². The van der Waals surface area contributed by atoms with Crippen LogP contribution in [-0.4, -0.2) is 0 Å². The second-order valence-electron chi connectivity index (χ2n) is 9.83. The van der Waals surface area contributed by atoms with E-state index in [1.54, 1.807) is 11.1 Å². The van der Waals surface area contributed by atoms with Gasteiger partial charge in [-0.05, 0) is 115 Å². The second kappa shape index (κ2) is 7.81. The van der Waals surface area contributed by atoms with Crippen molar-refractivity contribution in [2.24, 2.45) is 0 Å². The van der Waals surface area contributed by atoms with Crippen molar-refractivity contribution in [2.45, 2.75) is 57.8 Å². The van der Waals surface area contributed by atoms with Gasteiger partial charge in [0.05, 0.1) is 0 Å². The molecule has 3 aliphatic rings. The van der Waals surface area contributed by atoms with Crippen LogP contribution in [0.15, 0.2) is 90.2 Å². The Morgan fingerprint density at radius 2 is 1.53 bits per heavy atom. The fourth-order valence-electron chi connectivity index (χ4n) is 6.08. The smallest absolute Gasteiger partial charge is 0.0490 e. The van der Waals surface area contributed by atoms with Gasteiger partial charge < -0.3 is 4.90 Å². The molecule has 0 N–H and O–H groups in total. The van der Waals surface area contributed by atoms with Crippen molar-refractivity contribution in [1.82, 2.24) is 0 Å². The highest BCUT2D eigenvalue weighted by Crippen LogP contribution is 2.53. The van der Waals surface area contributed by atoms with Crippen LogP contribution in [0.25, 0.3) is 11.1 Å². The highest BCUT2D eigenvalue weighted by atomic mass is 15.1. The van der Waals surface area contributed by atoms with Crippen molar-refractivity contribution < 1.29 is 0 Å². The molecule has 6 rings (SSSR count). The van der Waals surface area contributed by atoms with E-state index in [0.29, 0.717) is 0 Å². The van der Waals surface area contributed by atoms with E-state index < -0.39 is 0 Å². The van der Waals surface area contributed by atoms with E-state index in [-0.39, 0.29) is 0 Å². The Labute approximate surface area is 192 Å². The molecule has 1 nitrogen and oxygen atoms in total. The summed E-state index contributed by atoms with van der Waals surface area (Å²) in [6.07, 6.45) is 11.0. The number of fused-ring (bicyclic) bond motifs is 5. The molecular weight excluding hydrogens is 386 g/mol. The van der Waals surface area contributed by atoms with Gasteiger partial charge in [-0.25, -0.2) is 0 Å². The molecule has 0 aromatic heterocycles. The number of hydrogen-bond acceptors (Lipinski definition) is 1. The Bertz CT molecular complexity index is 1230. The van der Waals surface area contributed by atoms with Gasteiger partial charge >= 0.3 is 0 Å². The van der Waals surface area contributed by atoms with E-state index in [4.69, 9.17) is 0 Å². The molecule has 32 heavy (non-hydrogen) atoms. The van der Waals surface area contributed by atoms with E-state index in [9.17, 15) is 0 Å². The van der Waals surface area contributed by atoms with Crippen molar-refractivity contribution in [3.63, 3.8) is 0 Å². The van der Waals surface area contributed by atoms with Gasteiger partial charge in [-0.1, -0.05) is 54.6 Å². The topological polar surface area (TPSA) is 3.24 Å². The largest absolute Gasteiger partial charge is 0.310 e. The summed E-state index contributed by atoms with van der Waals surface area (Å²) < 4.78 is 0. The van der Waals surface area contributed by atoms with Crippen LogP contribution in [0.2, 0.25) is 0 Å². The molecule has 1 heteroatoms. The van der Waals surface area contributed by atoms with Gasteiger partial charge in [-0.15, -0.1) is 0 Å². The van der Waals surface area contributed by atoms with Crippen LogP contribution in [-0.2, 0) is 0 Å². The van der Waals surface area contributed by atoms with Crippen molar-refractivity contribution in [1.29, 1.82) is 0 Å². The molecule has 1 fully saturated rings. The summed E-state index contributed by atoms with van der Waals surface area (Å²) in [6, 6.07) is 25.1. The summed E-state index contributed by atoms with van der Waals surface area (Å²) in [5.41, 5.74) is 12.5. The number of benzene rings is 3. The van der Waals surface area contributed by atoms with Crippen LogP contribution in [0.3, 0.4) is 0 Å². The fraction of sp³-hybridized carbons (Fsp3) is 0.290. The molecule has 3 aromatic rings. The lowest BCUT2D eigenvalue weighted by molar-refractivity contribution is 0.718. The van der Waals surface area contributed by atoms with E-state index in [1.807, 2.05) is 0 Å². The molecule has 2 bridgehead atoms. The highest BCUT2D eigenvalue weighted by molar-refractivity contribution is 5.76. The standard InChI is InChI=1S/C31H31N/c1-21-7-3-5-9-30(21)32(31-10-6-4-8-22(31)2)27-16-13-23(14-17-27)24-15-18-28-25-11-12-26(19-25)29(28)20-24/h3,5-7,9-10,13-18,20,25-26H,4,8,11-12,19H2,1-2H3. The van der Waals surface area contributed by atoms with E-state index in [1.165, 1.54) is 58.6 Å². The minimum absolute atomic E-state index is 0.804. The third kappa shape index (κ3) is 3.23. The van der Waals surface area contributed by atoms with Crippen LogP contribution >= 0.6 is 0 Å². The average molecular weight is 418 g/mol. The van der Waals surface area contributed by atoms with Gasteiger partial charge in [-0.3, -0.25) is 0 Å². The number of hydrogen-bond donors (Lipinski definition) is 0. The maximum atomic E-state index is 2.48. The molecule has 2 atom stereocenters. The molecule has 0 saturated heterocycles. The van der Waals surface area contributed by atoms with Gasteiger partial charge in [-0.2, -0.15) is 0 Å². The van der Waals surface area contributed by atoms with Crippen molar-refractivity contribution in [3.05, 3.63) is 107 Å². The second-order valence-corrected chi connectivity index (χ2v) is 9.83. The quantitative estimate of drug-likeness (QED) is 0.410. The number of rotatable bonds is 4. The predicted octanol–water partition coefficient (Wildman–Crippen LogP) is 8.79. The number of anilines is 2. The SMILES string of the molecule is CC1=C(N(c2ccc(-c3ccc4c(c3)C3CCC4C3)cc2)c2ccccc2C)C=CCC1. The summed E-state index contributed by atoms with van der Waals surface area (Å²) in [5.74, 6) is 1.63. The third-order valence-corrected chi connectivity index (χ3v) is 7.85. The summed E-state index contributed by atoms with van der Waals surface area (Å²) in [7, 11) is 0. The van der Waals surface area contributed by atoms with Crippen LogP contribution in [0.4, 0.5) is 11.4 Å². The van der Waals surface area contributed by atoms with Crippen molar-refractivity contribution >= 4 is 11.4 Å². The first kappa shape index (κ1) is 19.6. The van der Waals surface area contributed by atoms with Crippen molar-refractivity contribution in [3.8, 4) is 11.1 Å². The van der Waals surface area contributed by atoms with Crippen LogP contribution < -0.4 is 4.90 Å². The number of aryl methyl sites for hydroxylation is 1. The predicted molar refractivity (Wildman–Crippen MR) is 136 cm³/mol. The van der Waals surface area contributed by atoms with E-state index in [0.717, 1.165) is 24.7 Å². The van der Waals surface area contributed by atoms with Gasteiger partial charge in [0, 0.05) is 17.1 Å². The Hall–Kier alpha value is -3.06. The monoisotopic (exact) mass is 417 g/mol. The maximum absolute atomic E-state index is 2.48. The first-order valence-corrected chi connectivity index (χ1v) is 12.2. The average Bonchev–Trinajstić information content (AvgIpc) is 3.45. The normalized spacial score (nSPS) is 21.2. The minimum Gasteiger partial charge on any atom is -0.310 e. The summed E-state index contributed by atoms with van der Waals surface area (Å²) in [4.78, 5) is 2.44. The molecule has 2 unspecified atom stereocenters. The summed E-state index contributed by atoms with van der Waals surface area (Å²) in [5, 5.41) is 0. The molecule has 0 heterocycles. The molecule has 0 radical (unpaired) electrons. The van der Waals surface area contributed by atoms with Crippen molar-refractivity contribution in [2.75, 3.05) is 4.90 Å². The first-order chi connectivity index (χ1) is 15.7. The lowest BCUT2D eigenvalue weighted by Crippen LogP contribution is -2.18. The molecule has 0 amide bonds. The lowest BCUT2D eigenvalue weighted by Gasteiger charge is -2.31. The zero-order valence-corrected chi connectivity index (χ0v) is 19.1. The van der Waals surface area contributed by atoms with Crippen LogP contribution in [0.1, 0.15) is 67.6 Å². The summed E-state index contributed by atoms with van der Waals surface area (Å²) in [6.45, 7) is 4.48. The van der Waals surface area contributed by atoms with Crippen LogP contribution in [0.5, 0.6) is 0 Å². The summed E-state index contributed by atoms with van der Waals surface area (Å²) >= 11 is 0. The van der Waals surface area contributed by atoms with Gasteiger partial charge in [0.25, 0.3) is 0 Å². The Kier molecular flexibility index (Phi) is 4.79. The molecule has 3 aliphatic carbocycles. The fourth-order valence-corrected chi connectivity index (χ4v) is 6.08. The lowest BCUT2D eigenvalue weighted by atomic mass is 9.89. The highest BCUT2D eigenvalue weighted by Gasteiger charge is 2.36. The Morgan fingerprint density at radius 1 is 0.781 bits per heavy atom. The molecule has 3 aromatic carbocycles. The molecular formula is C31H31N. The van der Waals surface area contributed by atoms with E-state index in [2.05, 4.69) is 97.6 Å². The maximum Gasteiger partial charge on any atom is 0.0490 e. The number of para-hydroxylation sites is 1. The number of allylic oxidation sites excluding steroid dienone is 3. The minimum atomic E-state index is 0.804.